The number of nitrogens with two attached hydrogens (primary N) is 1. The zero-order valence-corrected chi connectivity index (χ0v) is 10.9. The number of hydrogen-bond donors (Lipinski definition) is 1. The quantitative estimate of drug-likeness (QED) is 0.887. The average molecular weight is 301 g/mol. The summed E-state index contributed by atoms with van der Waals surface area (Å²) in [6, 6.07) is 5.60. The molecule has 7 heteroatoms. The molecule has 106 valence electrons. The molecule has 0 saturated heterocycles. The van der Waals surface area contributed by atoms with Gasteiger partial charge in [0.1, 0.15) is 17.5 Å². The van der Waals surface area contributed by atoms with Crippen molar-refractivity contribution in [1.29, 1.82) is 0 Å². The summed E-state index contributed by atoms with van der Waals surface area (Å²) in [5.41, 5.74) is 4.88. The summed E-state index contributed by atoms with van der Waals surface area (Å²) in [6.45, 7) is 0. The average Bonchev–Trinajstić information content (AvgIpc) is 2.36. The smallest absolute Gasteiger partial charge is 0.182 e. The van der Waals surface area contributed by atoms with Gasteiger partial charge in [0.05, 0.1) is 16.3 Å². The van der Waals surface area contributed by atoms with Crippen LogP contribution in [-0.2, 0) is 15.6 Å². The Morgan fingerprint density at radius 3 is 2.25 bits per heavy atom. The highest BCUT2D eigenvalue weighted by atomic mass is 32.2. The SMILES string of the molecule is Nc1ccc(S(=O)(=O)Cc2ccc(F)cc2F)cc1F. The van der Waals surface area contributed by atoms with Crippen molar-refractivity contribution in [3.63, 3.8) is 0 Å². The topological polar surface area (TPSA) is 60.2 Å². The van der Waals surface area contributed by atoms with Crippen molar-refractivity contribution < 1.29 is 21.6 Å². The highest BCUT2D eigenvalue weighted by molar-refractivity contribution is 7.90. The van der Waals surface area contributed by atoms with Gasteiger partial charge in [0.15, 0.2) is 9.84 Å². The molecular formula is C13H10F3NO2S. The molecule has 0 aromatic heterocycles. The Bertz CT molecular complexity index is 760. The van der Waals surface area contributed by atoms with Crippen molar-refractivity contribution >= 4 is 15.5 Å². The zero-order valence-electron chi connectivity index (χ0n) is 10.1. The van der Waals surface area contributed by atoms with Gasteiger partial charge in [-0.05, 0) is 24.3 Å². The van der Waals surface area contributed by atoms with Gasteiger partial charge in [-0.15, -0.1) is 0 Å². The molecule has 0 bridgehead atoms. The highest BCUT2D eigenvalue weighted by Gasteiger charge is 2.19. The number of nitrogen functional groups attached to an aromatic ring is 1. The normalized spacial score (nSPS) is 11.6. The predicted octanol–water partition coefficient (Wildman–Crippen LogP) is 2.66. The molecular weight excluding hydrogens is 291 g/mol. The summed E-state index contributed by atoms with van der Waals surface area (Å²) in [5.74, 6) is -3.33. The summed E-state index contributed by atoms with van der Waals surface area (Å²) in [6.07, 6.45) is 0. The Hall–Kier alpha value is -2.02. The minimum absolute atomic E-state index is 0.183. The summed E-state index contributed by atoms with van der Waals surface area (Å²) in [5, 5.41) is 0. The molecule has 0 unspecified atom stereocenters. The summed E-state index contributed by atoms with van der Waals surface area (Å²) in [4.78, 5) is -0.312. The Balaban J connectivity index is 2.38. The Morgan fingerprint density at radius 1 is 0.950 bits per heavy atom. The van der Waals surface area contributed by atoms with Gasteiger partial charge in [-0.25, -0.2) is 21.6 Å². The van der Waals surface area contributed by atoms with E-state index in [0.29, 0.717) is 6.07 Å². The van der Waals surface area contributed by atoms with Crippen LogP contribution in [0.2, 0.25) is 0 Å². The van der Waals surface area contributed by atoms with Crippen LogP contribution in [0.25, 0.3) is 0 Å². The van der Waals surface area contributed by atoms with Crippen molar-refractivity contribution in [2.24, 2.45) is 0 Å². The van der Waals surface area contributed by atoms with Crippen LogP contribution in [0, 0.1) is 17.5 Å². The van der Waals surface area contributed by atoms with Gasteiger partial charge < -0.3 is 5.73 Å². The van der Waals surface area contributed by atoms with E-state index in [4.69, 9.17) is 5.73 Å². The molecule has 0 aliphatic rings. The lowest BCUT2D eigenvalue weighted by molar-refractivity contribution is 0.568. The maximum Gasteiger partial charge on any atom is 0.182 e. The first-order valence-electron chi connectivity index (χ1n) is 5.51. The second-order valence-electron chi connectivity index (χ2n) is 4.18. The standard InChI is InChI=1S/C13H10F3NO2S/c14-9-2-1-8(11(15)5-9)7-20(18,19)10-3-4-13(17)12(16)6-10/h1-6H,7,17H2. The van der Waals surface area contributed by atoms with Crippen molar-refractivity contribution in [2.75, 3.05) is 5.73 Å². The van der Waals surface area contributed by atoms with E-state index in [1.54, 1.807) is 0 Å². The Kier molecular flexibility index (Phi) is 3.71. The molecule has 0 radical (unpaired) electrons. The molecule has 0 heterocycles. The highest BCUT2D eigenvalue weighted by Crippen LogP contribution is 2.21. The van der Waals surface area contributed by atoms with Crippen LogP contribution in [0.5, 0.6) is 0 Å². The lowest BCUT2D eigenvalue weighted by Crippen LogP contribution is -2.07. The Labute approximate surface area is 113 Å². The molecule has 0 fully saturated rings. The zero-order chi connectivity index (χ0) is 14.9. The molecule has 2 N–H and O–H groups in total. The first kappa shape index (κ1) is 14.4. The van der Waals surface area contributed by atoms with E-state index in [1.807, 2.05) is 0 Å². The molecule has 0 spiro atoms. The third-order valence-electron chi connectivity index (χ3n) is 2.69. The van der Waals surface area contributed by atoms with Crippen LogP contribution in [-0.4, -0.2) is 8.42 Å². The van der Waals surface area contributed by atoms with Crippen molar-refractivity contribution in [3.05, 3.63) is 59.4 Å². The van der Waals surface area contributed by atoms with Gasteiger partial charge in [0, 0.05) is 11.6 Å². The van der Waals surface area contributed by atoms with Gasteiger partial charge in [-0.3, -0.25) is 0 Å². The summed E-state index contributed by atoms with van der Waals surface area (Å²) >= 11 is 0. The first-order chi connectivity index (χ1) is 9.29. The van der Waals surface area contributed by atoms with E-state index in [9.17, 15) is 21.6 Å². The number of halogens is 3. The van der Waals surface area contributed by atoms with Crippen LogP contribution in [0.3, 0.4) is 0 Å². The fourth-order valence-corrected chi connectivity index (χ4v) is 3.00. The van der Waals surface area contributed by atoms with E-state index in [1.165, 1.54) is 0 Å². The van der Waals surface area contributed by atoms with E-state index in [2.05, 4.69) is 0 Å². The van der Waals surface area contributed by atoms with Crippen LogP contribution in [0.1, 0.15) is 5.56 Å². The largest absolute Gasteiger partial charge is 0.396 e. The number of benzene rings is 2. The number of anilines is 1. The minimum atomic E-state index is -3.95. The second kappa shape index (κ2) is 5.16. The predicted molar refractivity (Wildman–Crippen MR) is 68.1 cm³/mol. The van der Waals surface area contributed by atoms with Gasteiger partial charge in [0.2, 0.25) is 0 Å². The van der Waals surface area contributed by atoms with Gasteiger partial charge >= 0.3 is 0 Å². The van der Waals surface area contributed by atoms with Gasteiger partial charge in [-0.2, -0.15) is 0 Å². The van der Waals surface area contributed by atoms with Crippen molar-refractivity contribution in [1.82, 2.24) is 0 Å². The maximum atomic E-state index is 13.4. The van der Waals surface area contributed by atoms with E-state index in [-0.39, 0.29) is 16.1 Å². The first-order valence-corrected chi connectivity index (χ1v) is 7.16. The summed E-state index contributed by atoms with van der Waals surface area (Å²) < 4.78 is 63.5. The fourth-order valence-electron chi connectivity index (χ4n) is 1.63. The molecule has 2 rings (SSSR count). The number of rotatable bonds is 3. The Morgan fingerprint density at radius 2 is 1.65 bits per heavy atom. The van der Waals surface area contributed by atoms with E-state index >= 15 is 0 Å². The van der Waals surface area contributed by atoms with Crippen LogP contribution in [0.4, 0.5) is 18.9 Å². The monoisotopic (exact) mass is 301 g/mol. The van der Waals surface area contributed by atoms with Crippen LogP contribution >= 0.6 is 0 Å². The summed E-state index contributed by atoms with van der Waals surface area (Å²) in [7, 11) is -3.95. The number of hydrogen-bond acceptors (Lipinski definition) is 3. The number of sulfone groups is 1. The lowest BCUT2D eigenvalue weighted by atomic mass is 10.2. The molecule has 0 atom stereocenters. The molecule has 0 amide bonds. The molecule has 0 aliphatic heterocycles. The van der Waals surface area contributed by atoms with E-state index < -0.39 is 33.0 Å². The van der Waals surface area contributed by atoms with E-state index in [0.717, 1.165) is 30.3 Å². The molecule has 0 saturated carbocycles. The molecule has 2 aromatic carbocycles. The third kappa shape index (κ3) is 2.93. The fraction of sp³-hybridized carbons (Fsp3) is 0.0769. The van der Waals surface area contributed by atoms with Crippen molar-refractivity contribution in [3.8, 4) is 0 Å². The maximum absolute atomic E-state index is 13.4. The van der Waals surface area contributed by atoms with Gasteiger partial charge in [-0.1, -0.05) is 6.07 Å². The van der Waals surface area contributed by atoms with Gasteiger partial charge in [0.25, 0.3) is 0 Å². The van der Waals surface area contributed by atoms with Crippen molar-refractivity contribution in [2.45, 2.75) is 10.6 Å². The molecule has 3 nitrogen and oxygen atoms in total. The van der Waals surface area contributed by atoms with Crippen LogP contribution < -0.4 is 5.73 Å². The minimum Gasteiger partial charge on any atom is -0.396 e. The second-order valence-corrected chi connectivity index (χ2v) is 6.17. The third-order valence-corrected chi connectivity index (χ3v) is 4.35. The van der Waals surface area contributed by atoms with Crippen LogP contribution in [0.15, 0.2) is 41.3 Å². The lowest BCUT2D eigenvalue weighted by Gasteiger charge is -2.07. The molecule has 20 heavy (non-hydrogen) atoms. The molecule has 2 aromatic rings. The molecule has 0 aliphatic carbocycles.